The summed E-state index contributed by atoms with van der Waals surface area (Å²) < 4.78 is 12.2. The lowest BCUT2D eigenvalue weighted by Crippen LogP contribution is -2.37. The second-order valence-electron chi connectivity index (χ2n) is 6.75. The van der Waals surface area contributed by atoms with Crippen LogP contribution >= 0.6 is 34.8 Å². The van der Waals surface area contributed by atoms with Gasteiger partial charge in [0.2, 0.25) is 0 Å². The van der Waals surface area contributed by atoms with Crippen molar-refractivity contribution in [2.24, 2.45) is 0 Å². The first-order valence-electron chi connectivity index (χ1n) is 9.96. The fraction of sp³-hybridized carbons (Fsp3) is 0.217. The molecule has 2 aromatic heterocycles. The van der Waals surface area contributed by atoms with Crippen LogP contribution in [0.25, 0.3) is 11.0 Å². The van der Waals surface area contributed by atoms with Crippen molar-refractivity contribution in [1.82, 2.24) is 14.5 Å². The number of amides is 1. The topological polar surface area (TPSA) is 60.5 Å². The molecule has 168 valence electrons. The maximum atomic E-state index is 12.3. The highest BCUT2D eigenvalue weighted by atomic mass is 35.5. The smallest absolute Gasteiger partial charge is 0.329 e. The molecule has 0 radical (unpaired) electrons. The van der Waals surface area contributed by atoms with Gasteiger partial charge in [-0.1, -0.05) is 59.9 Å². The molecule has 0 atom stereocenters. The molecule has 0 spiro atoms. The molecule has 2 aromatic carbocycles. The van der Waals surface area contributed by atoms with Gasteiger partial charge < -0.3 is 14.1 Å². The molecule has 0 aliphatic heterocycles. The van der Waals surface area contributed by atoms with E-state index in [4.69, 9.17) is 44.0 Å². The Morgan fingerprint density at radius 2 is 1.88 bits per heavy atom. The molecular weight excluding hydrogens is 473 g/mol. The third-order valence-electron chi connectivity index (χ3n) is 4.42. The quantitative estimate of drug-likeness (QED) is 0.288. The number of rotatable bonds is 6. The predicted molar refractivity (Wildman–Crippen MR) is 128 cm³/mol. The van der Waals surface area contributed by atoms with Gasteiger partial charge in [0.05, 0.1) is 22.9 Å². The van der Waals surface area contributed by atoms with Gasteiger partial charge in [-0.05, 0) is 30.7 Å². The average molecular weight is 495 g/mol. The standard InChI is InChI=1S/C15H16Cl3N3O2.C8H6O/c1-2-4-20(15(22)21-5-3-19-10-21)6-7-23-14-12(17)8-11(16)9-13(14)18;1-2-4-8-7(3-1)5-6-9-8/h3,5,8-10H,2,4,6-7H2,1H3;1-6H. The summed E-state index contributed by atoms with van der Waals surface area (Å²) >= 11 is 18.0. The van der Waals surface area contributed by atoms with E-state index in [1.165, 1.54) is 10.9 Å². The van der Waals surface area contributed by atoms with E-state index in [1.807, 2.05) is 37.3 Å². The van der Waals surface area contributed by atoms with E-state index >= 15 is 0 Å². The van der Waals surface area contributed by atoms with Crippen LogP contribution in [0.3, 0.4) is 0 Å². The number of ether oxygens (including phenoxy) is 1. The summed E-state index contributed by atoms with van der Waals surface area (Å²) in [6.07, 6.45) is 7.18. The monoisotopic (exact) mass is 493 g/mol. The Labute approximate surface area is 201 Å². The van der Waals surface area contributed by atoms with Gasteiger partial charge in [0, 0.05) is 29.3 Å². The number of nitrogens with zero attached hydrogens (tertiary/aromatic N) is 3. The summed E-state index contributed by atoms with van der Waals surface area (Å²) in [6, 6.07) is 12.9. The number of carbonyl (C=O) groups is 1. The van der Waals surface area contributed by atoms with Gasteiger partial charge in [0.1, 0.15) is 18.5 Å². The summed E-state index contributed by atoms with van der Waals surface area (Å²) in [6.45, 7) is 3.28. The number of halogens is 3. The third kappa shape index (κ3) is 6.42. The molecule has 0 unspecified atom stereocenters. The van der Waals surface area contributed by atoms with E-state index in [0.717, 1.165) is 17.4 Å². The van der Waals surface area contributed by atoms with E-state index < -0.39 is 0 Å². The normalized spacial score (nSPS) is 10.5. The Hall–Kier alpha value is -2.67. The predicted octanol–water partition coefficient (Wildman–Crippen LogP) is 7.04. The molecule has 0 N–H and O–H groups in total. The SMILES string of the molecule is CCCN(CCOc1c(Cl)cc(Cl)cc1Cl)C(=O)n1ccnc1.c1ccc2occc2c1. The Balaban J connectivity index is 0.000000264. The van der Waals surface area contributed by atoms with Crippen molar-refractivity contribution in [2.75, 3.05) is 19.7 Å². The van der Waals surface area contributed by atoms with Gasteiger partial charge in [-0.25, -0.2) is 9.78 Å². The van der Waals surface area contributed by atoms with Gasteiger partial charge in [0.25, 0.3) is 0 Å². The van der Waals surface area contributed by atoms with Crippen LogP contribution < -0.4 is 4.74 Å². The number of fused-ring (bicyclic) bond motifs is 1. The first-order chi connectivity index (χ1) is 15.5. The minimum Gasteiger partial charge on any atom is -0.489 e. The molecule has 0 saturated carbocycles. The number of benzene rings is 2. The molecule has 4 rings (SSSR count). The molecule has 0 aliphatic carbocycles. The van der Waals surface area contributed by atoms with E-state index in [1.54, 1.807) is 35.7 Å². The molecule has 6 nitrogen and oxygen atoms in total. The minimum absolute atomic E-state index is 0.152. The van der Waals surface area contributed by atoms with Crippen molar-refractivity contribution in [3.05, 3.63) is 82.5 Å². The van der Waals surface area contributed by atoms with Crippen LogP contribution in [0.2, 0.25) is 15.1 Å². The van der Waals surface area contributed by atoms with Crippen molar-refractivity contribution in [3.63, 3.8) is 0 Å². The van der Waals surface area contributed by atoms with Crippen molar-refractivity contribution >= 4 is 51.8 Å². The molecule has 0 aliphatic rings. The first-order valence-corrected chi connectivity index (χ1v) is 11.1. The van der Waals surface area contributed by atoms with Crippen LogP contribution in [0.5, 0.6) is 5.75 Å². The molecular formula is C23H22Cl3N3O3. The highest BCUT2D eigenvalue weighted by molar-refractivity contribution is 6.40. The number of furan rings is 1. The number of carbonyl (C=O) groups excluding carboxylic acids is 1. The van der Waals surface area contributed by atoms with Crippen LogP contribution in [0, 0.1) is 0 Å². The maximum Gasteiger partial charge on any atom is 0.329 e. The Kier molecular flexibility index (Phi) is 8.85. The fourth-order valence-corrected chi connectivity index (χ4v) is 3.87. The average Bonchev–Trinajstić information content (AvgIpc) is 3.47. The Bertz CT molecular complexity index is 1090. The number of para-hydroxylation sites is 1. The lowest BCUT2D eigenvalue weighted by Gasteiger charge is -2.22. The lowest BCUT2D eigenvalue weighted by molar-refractivity contribution is 0.184. The van der Waals surface area contributed by atoms with Crippen LogP contribution in [0.4, 0.5) is 4.79 Å². The zero-order chi connectivity index (χ0) is 22.9. The van der Waals surface area contributed by atoms with Crippen molar-refractivity contribution < 1.29 is 13.9 Å². The molecule has 1 amide bonds. The Morgan fingerprint density at radius 1 is 1.12 bits per heavy atom. The molecule has 2 heterocycles. The fourth-order valence-electron chi connectivity index (χ4n) is 2.94. The molecule has 0 bridgehead atoms. The minimum atomic E-state index is -0.152. The van der Waals surface area contributed by atoms with Crippen LogP contribution in [0.1, 0.15) is 13.3 Å². The van der Waals surface area contributed by atoms with Crippen molar-refractivity contribution in [1.29, 1.82) is 0 Å². The second kappa shape index (κ2) is 11.8. The highest BCUT2D eigenvalue weighted by Crippen LogP contribution is 2.35. The van der Waals surface area contributed by atoms with Crippen molar-refractivity contribution in [3.8, 4) is 5.75 Å². The van der Waals surface area contributed by atoms with E-state index in [-0.39, 0.29) is 12.6 Å². The molecule has 0 fully saturated rings. The molecule has 0 saturated heterocycles. The van der Waals surface area contributed by atoms with Crippen molar-refractivity contribution in [2.45, 2.75) is 13.3 Å². The summed E-state index contributed by atoms with van der Waals surface area (Å²) in [5, 5.41) is 2.28. The van der Waals surface area contributed by atoms with E-state index in [9.17, 15) is 4.79 Å². The number of imidazole rings is 1. The summed E-state index contributed by atoms with van der Waals surface area (Å²) in [5.41, 5.74) is 0.956. The zero-order valence-electron chi connectivity index (χ0n) is 17.4. The summed E-state index contributed by atoms with van der Waals surface area (Å²) in [7, 11) is 0. The van der Waals surface area contributed by atoms with Gasteiger partial charge >= 0.3 is 6.03 Å². The molecule has 4 aromatic rings. The number of hydrogen-bond donors (Lipinski definition) is 0. The van der Waals surface area contributed by atoms with E-state index in [0.29, 0.717) is 33.9 Å². The van der Waals surface area contributed by atoms with Crippen LogP contribution in [-0.4, -0.2) is 40.2 Å². The van der Waals surface area contributed by atoms with E-state index in [2.05, 4.69) is 4.98 Å². The first kappa shape index (κ1) is 24.0. The number of hydrogen-bond acceptors (Lipinski definition) is 4. The Morgan fingerprint density at radius 3 is 2.53 bits per heavy atom. The second-order valence-corrected chi connectivity index (χ2v) is 8.00. The zero-order valence-corrected chi connectivity index (χ0v) is 19.6. The highest BCUT2D eigenvalue weighted by Gasteiger charge is 2.15. The van der Waals surface area contributed by atoms with Gasteiger partial charge in [-0.2, -0.15) is 0 Å². The largest absolute Gasteiger partial charge is 0.489 e. The third-order valence-corrected chi connectivity index (χ3v) is 5.20. The summed E-state index contributed by atoms with van der Waals surface area (Å²) in [4.78, 5) is 17.9. The molecule has 9 heteroatoms. The van der Waals surface area contributed by atoms with Crippen LogP contribution in [0.15, 0.2) is 71.9 Å². The maximum absolute atomic E-state index is 12.3. The van der Waals surface area contributed by atoms with Gasteiger partial charge in [0.15, 0.2) is 5.75 Å². The summed E-state index contributed by atoms with van der Waals surface area (Å²) in [5.74, 6) is 0.365. The van der Waals surface area contributed by atoms with Gasteiger partial charge in [-0.3, -0.25) is 4.57 Å². The molecule has 32 heavy (non-hydrogen) atoms. The van der Waals surface area contributed by atoms with Crippen LogP contribution in [-0.2, 0) is 0 Å². The number of aromatic nitrogens is 2. The lowest BCUT2D eigenvalue weighted by atomic mass is 10.3. The van der Waals surface area contributed by atoms with Gasteiger partial charge in [-0.15, -0.1) is 0 Å².